The molecule has 37 heavy (non-hydrogen) atoms. The van der Waals surface area contributed by atoms with E-state index >= 15 is 0 Å². The number of ether oxygens (including phenoxy) is 3. The summed E-state index contributed by atoms with van der Waals surface area (Å²) in [6.45, 7) is 8.55. The van der Waals surface area contributed by atoms with Crippen LogP contribution in [0.15, 0.2) is 30.3 Å². The largest absolute Gasteiger partial charge is 0.493 e. The Labute approximate surface area is 221 Å². The van der Waals surface area contributed by atoms with Gasteiger partial charge in [0.25, 0.3) is 0 Å². The number of unbranched alkanes of at least 4 members (excludes halogenated alkanes) is 1. The number of nitrogens with one attached hydrogen (secondary N) is 2. The van der Waals surface area contributed by atoms with Crippen molar-refractivity contribution in [1.82, 2.24) is 10.6 Å². The molecule has 1 aliphatic carbocycles. The summed E-state index contributed by atoms with van der Waals surface area (Å²) >= 11 is 0. The van der Waals surface area contributed by atoms with E-state index in [0.717, 1.165) is 86.3 Å². The molecule has 0 aromatic heterocycles. The highest BCUT2D eigenvalue weighted by Gasteiger charge is 2.33. The van der Waals surface area contributed by atoms with E-state index < -0.39 is 0 Å². The van der Waals surface area contributed by atoms with E-state index in [9.17, 15) is 4.79 Å². The summed E-state index contributed by atoms with van der Waals surface area (Å²) in [5.74, 6) is 3.73. The SMILES string of the molecule is CCCCOc1cc(OCCCC2CCNC2)cc2c1-c1c(OCCCC3CCNC3)cccc1C2=O. The maximum absolute atomic E-state index is 13.5. The molecule has 0 bridgehead atoms. The Morgan fingerprint density at radius 3 is 2.11 bits per heavy atom. The van der Waals surface area contributed by atoms with Gasteiger partial charge in [-0.3, -0.25) is 4.79 Å². The van der Waals surface area contributed by atoms with Crippen LogP contribution in [-0.2, 0) is 0 Å². The fourth-order valence-electron chi connectivity index (χ4n) is 5.83. The molecule has 2 unspecified atom stereocenters. The summed E-state index contributed by atoms with van der Waals surface area (Å²) in [4.78, 5) is 13.5. The molecule has 6 nitrogen and oxygen atoms in total. The van der Waals surface area contributed by atoms with Gasteiger partial charge in [0.15, 0.2) is 5.78 Å². The zero-order valence-electron chi connectivity index (χ0n) is 22.3. The first-order chi connectivity index (χ1) is 18.2. The van der Waals surface area contributed by atoms with E-state index in [1.807, 2.05) is 30.3 Å². The Morgan fingerprint density at radius 2 is 1.43 bits per heavy atom. The molecule has 0 saturated carbocycles. The Kier molecular flexibility index (Phi) is 9.01. The monoisotopic (exact) mass is 506 g/mol. The summed E-state index contributed by atoms with van der Waals surface area (Å²) in [7, 11) is 0. The minimum absolute atomic E-state index is 0.0234. The predicted molar refractivity (Wildman–Crippen MR) is 147 cm³/mol. The summed E-state index contributed by atoms with van der Waals surface area (Å²) in [5.41, 5.74) is 3.08. The fourth-order valence-corrected chi connectivity index (χ4v) is 5.83. The topological polar surface area (TPSA) is 68.8 Å². The molecule has 2 saturated heterocycles. The molecule has 0 amide bonds. The van der Waals surface area contributed by atoms with Crippen molar-refractivity contribution in [3.8, 4) is 28.4 Å². The van der Waals surface area contributed by atoms with Gasteiger partial charge in [-0.05, 0) is 95.1 Å². The maximum atomic E-state index is 13.5. The normalized spacial score (nSPS) is 20.2. The molecule has 2 heterocycles. The molecule has 2 aromatic carbocycles. The van der Waals surface area contributed by atoms with Gasteiger partial charge in [-0.1, -0.05) is 25.5 Å². The number of benzene rings is 2. The minimum atomic E-state index is 0.0234. The number of hydrogen-bond acceptors (Lipinski definition) is 6. The number of hydrogen-bond donors (Lipinski definition) is 2. The second kappa shape index (κ2) is 12.8. The zero-order valence-corrected chi connectivity index (χ0v) is 22.3. The lowest BCUT2D eigenvalue weighted by molar-refractivity contribution is 0.104. The Morgan fingerprint density at radius 1 is 0.784 bits per heavy atom. The van der Waals surface area contributed by atoms with Crippen molar-refractivity contribution in [2.24, 2.45) is 11.8 Å². The number of carbonyl (C=O) groups excluding carboxylic acids is 1. The van der Waals surface area contributed by atoms with Crippen molar-refractivity contribution in [1.29, 1.82) is 0 Å². The lowest BCUT2D eigenvalue weighted by Gasteiger charge is -2.17. The van der Waals surface area contributed by atoms with E-state index in [-0.39, 0.29) is 5.78 Å². The van der Waals surface area contributed by atoms with Crippen LogP contribution in [0, 0.1) is 11.8 Å². The summed E-state index contributed by atoms with van der Waals surface area (Å²) in [5, 5.41) is 6.87. The van der Waals surface area contributed by atoms with Crippen LogP contribution in [0.25, 0.3) is 11.1 Å². The van der Waals surface area contributed by atoms with Gasteiger partial charge in [-0.25, -0.2) is 0 Å². The molecule has 2 atom stereocenters. The average Bonchev–Trinajstić information content (AvgIpc) is 3.68. The number of carbonyl (C=O) groups is 1. The zero-order chi connectivity index (χ0) is 25.5. The summed E-state index contributed by atoms with van der Waals surface area (Å²) < 4.78 is 18.7. The minimum Gasteiger partial charge on any atom is -0.493 e. The van der Waals surface area contributed by atoms with Crippen LogP contribution < -0.4 is 24.8 Å². The van der Waals surface area contributed by atoms with Crippen LogP contribution in [-0.4, -0.2) is 51.8 Å². The third-order valence-corrected chi connectivity index (χ3v) is 7.96. The number of ketones is 1. The highest BCUT2D eigenvalue weighted by atomic mass is 16.5. The molecule has 5 rings (SSSR count). The standard InChI is InChI=1S/C31H42N2O4/c1-2-3-15-37-28-19-24(35-16-5-7-22-11-13-32-20-22)18-26-30(28)29-25(31(26)34)9-4-10-27(29)36-17-6-8-23-12-14-33-21-23/h4,9-10,18-19,22-23,32-33H,2-3,5-8,11-17,20-21H2,1H3. The van der Waals surface area contributed by atoms with Gasteiger partial charge in [-0.2, -0.15) is 0 Å². The van der Waals surface area contributed by atoms with Crippen molar-refractivity contribution < 1.29 is 19.0 Å². The van der Waals surface area contributed by atoms with Crippen molar-refractivity contribution in [2.45, 2.75) is 58.3 Å². The van der Waals surface area contributed by atoms with Crippen LogP contribution in [0.1, 0.15) is 74.2 Å². The van der Waals surface area contributed by atoms with Gasteiger partial charge in [0, 0.05) is 28.3 Å². The molecular formula is C31H42N2O4. The lowest BCUT2D eigenvalue weighted by atomic mass is 10.0. The molecule has 0 spiro atoms. The third-order valence-electron chi connectivity index (χ3n) is 7.96. The summed E-state index contributed by atoms with van der Waals surface area (Å²) in [6, 6.07) is 9.68. The predicted octanol–water partition coefficient (Wildman–Crippen LogP) is 5.61. The quantitative estimate of drug-likeness (QED) is 0.277. The molecular weight excluding hydrogens is 464 g/mol. The van der Waals surface area contributed by atoms with Crippen molar-refractivity contribution in [2.75, 3.05) is 46.0 Å². The molecule has 2 aromatic rings. The second-order valence-corrected chi connectivity index (χ2v) is 10.8. The fraction of sp³-hybridized carbons (Fsp3) is 0.581. The molecule has 200 valence electrons. The smallest absolute Gasteiger partial charge is 0.194 e. The van der Waals surface area contributed by atoms with Gasteiger partial charge < -0.3 is 24.8 Å². The van der Waals surface area contributed by atoms with E-state index in [2.05, 4.69) is 17.6 Å². The first-order valence-corrected chi connectivity index (χ1v) is 14.4. The van der Waals surface area contributed by atoms with Gasteiger partial charge in [-0.15, -0.1) is 0 Å². The number of rotatable bonds is 14. The van der Waals surface area contributed by atoms with Crippen LogP contribution in [0.5, 0.6) is 17.2 Å². The first kappa shape index (κ1) is 26.1. The van der Waals surface area contributed by atoms with Gasteiger partial charge in [0.1, 0.15) is 17.2 Å². The second-order valence-electron chi connectivity index (χ2n) is 10.8. The molecule has 6 heteroatoms. The molecule has 2 N–H and O–H groups in total. The van der Waals surface area contributed by atoms with E-state index in [4.69, 9.17) is 14.2 Å². The lowest BCUT2D eigenvalue weighted by Crippen LogP contribution is -2.10. The Bertz CT molecular complexity index is 1060. The van der Waals surface area contributed by atoms with Gasteiger partial charge in [0.2, 0.25) is 0 Å². The van der Waals surface area contributed by atoms with Crippen LogP contribution in [0.2, 0.25) is 0 Å². The molecule has 3 aliphatic rings. The molecule has 2 fully saturated rings. The van der Waals surface area contributed by atoms with Crippen molar-refractivity contribution in [3.05, 3.63) is 41.5 Å². The molecule has 0 radical (unpaired) electrons. The molecule has 2 aliphatic heterocycles. The average molecular weight is 507 g/mol. The van der Waals surface area contributed by atoms with E-state index in [1.54, 1.807) is 0 Å². The maximum Gasteiger partial charge on any atom is 0.194 e. The Hall–Kier alpha value is -2.57. The van der Waals surface area contributed by atoms with Crippen LogP contribution >= 0.6 is 0 Å². The van der Waals surface area contributed by atoms with Crippen LogP contribution in [0.4, 0.5) is 0 Å². The first-order valence-electron chi connectivity index (χ1n) is 14.4. The third kappa shape index (κ3) is 6.29. The van der Waals surface area contributed by atoms with Gasteiger partial charge in [0.05, 0.1) is 19.8 Å². The van der Waals surface area contributed by atoms with Crippen molar-refractivity contribution >= 4 is 5.78 Å². The number of fused-ring (bicyclic) bond motifs is 3. The van der Waals surface area contributed by atoms with Crippen molar-refractivity contribution in [3.63, 3.8) is 0 Å². The summed E-state index contributed by atoms with van der Waals surface area (Å²) in [6.07, 6.45) is 8.88. The van der Waals surface area contributed by atoms with Crippen LogP contribution in [0.3, 0.4) is 0 Å². The van der Waals surface area contributed by atoms with E-state index in [0.29, 0.717) is 36.7 Å². The van der Waals surface area contributed by atoms with E-state index in [1.165, 1.54) is 25.7 Å². The van der Waals surface area contributed by atoms with Gasteiger partial charge >= 0.3 is 0 Å². The Balaban J connectivity index is 1.32. The highest BCUT2D eigenvalue weighted by molar-refractivity contribution is 6.23. The highest BCUT2D eigenvalue weighted by Crippen LogP contribution is 2.49.